The first-order valence-corrected chi connectivity index (χ1v) is 10.9. The average molecular weight is 442 g/mol. The smallest absolute Gasteiger partial charge is 0.250 e. The molecule has 4 heterocycles. The third-order valence-corrected chi connectivity index (χ3v) is 7.01. The van der Waals surface area contributed by atoms with Crippen LogP contribution in [0.4, 0.5) is 5.69 Å². The van der Waals surface area contributed by atoms with Gasteiger partial charge in [-0.3, -0.25) is 14.4 Å². The van der Waals surface area contributed by atoms with Gasteiger partial charge >= 0.3 is 0 Å². The molecule has 1 aromatic carbocycles. The van der Waals surface area contributed by atoms with E-state index in [2.05, 4.69) is 0 Å². The van der Waals surface area contributed by atoms with E-state index in [1.54, 1.807) is 42.3 Å². The maximum absolute atomic E-state index is 13.3. The summed E-state index contributed by atoms with van der Waals surface area (Å²) >= 11 is 6.22. The summed E-state index contributed by atoms with van der Waals surface area (Å²) in [6.45, 7) is 2.23. The molecular formula is C23H24ClN3O4. The third-order valence-electron chi connectivity index (χ3n) is 6.71. The highest BCUT2D eigenvalue weighted by Gasteiger charge is 2.41. The minimum Gasteiger partial charge on any atom is -0.495 e. The Morgan fingerprint density at radius 3 is 2.71 bits per heavy atom. The molecule has 3 atom stereocenters. The van der Waals surface area contributed by atoms with Crippen LogP contribution in [0.2, 0.25) is 5.02 Å². The van der Waals surface area contributed by atoms with E-state index >= 15 is 0 Å². The second-order valence-corrected chi connectivity index (χ2v) is 9.07. The Kier molecular flexibility index (Phi) is 5.01. The van der Waals surface area contributed by atoms with Crippen LogP contribution in [-0.2, 0) is 16.1 Å². The SMILES string of the molecule is COc1ccc(N2C[C@H](C(=O)N3C[C@@H]4C[C@@H](C3)c3cccc(=O)n3C4)CC2=O)cc1Cl. The van der Waals surface area contributed by atoms with Crippen molar-refractivity contribution in [2.45, 2.75) is 25.3 Å². The number of amides is 2. The molecule has 3 aliphatic heterocycles. The van der Waals surface area contributed by atoms with Crippen LogP contribution in [0.25, 0.3) is 0 Å². The quantitative estimate of drug-likeness (QED) is 0.733. The van der Waals surface area contributed by atoms with Gasteiger partial charge < -0.3 is 19.1 Å². The molecule has 31 heavy (non-hydrogen) atoms. The Labute approximate surface area is 185 Å². The lowest BCUT2D eigenvalue weighted by Gasteiger charge is -2.43. The van der Waals surface area contributed by atoms with E-state index in [1.807, 2.05) is 15.5 Å². The zero-order valence-corrected chi connectivity index (χ0v) is 18.0. The van der Waals surface area contributed by atoms with E-state index in [9.17, 15) is 14.4 Å². The van der Waals surface area contributed by atoms with Crippen LogP contribution in [0, 0.1) is 11.8 Å². The Balaban J connectivity index is 1.32. The molecule has 0 saturated carbocycles. The third kappa shape index (κ3) is 3.51. The first-order chi connectivity index (χ1) is 14.9. The first kappa shape index (κ1) is 20.1. The van der Waals surface area contributed by atoms with Gasteiger partial charge in [-0.1, -0.05) is 17.7 Å². The molecule has 2 bridgehead atoms. The summed E-state index contributed by atoms with van der Waals surface area (Å²) in [7, 11) is 1.54. The molecule has 162 valence electrons. The predicted octanol–water partition coefficient (Wildman–Crippen LogP) is 2.51. The molecule has 1 aromatic heterocycles. The molecule has 0 radical (unpaired) electrons. The lowest BCUT2D eigenvalue weighted by Crippen LogP contribution is -2.50. The van der Waals surface area contributed by atoms with Crippen LogP contribution >= 0.6 is 11.6 Å². The fourth-order valence-corrected chi connectivity index (χ4v) is 5.53. The van der Waals surface area contributed by atoms with Crippen LogP contribution in [0.1, 0.15) is 24.5 Å². The lowest BCUT2D eigenvalue weighted by atomic mass is 9.82. The molecule has 3 aliphatic rings. The van der Waals surface area contributed by atoms with Crippen molar-refractivity contribution in [3.8, 4) is 5.75 Å². The van der Waals surface area contributed by atoms with E-state index in [0.717, 1.165) is 12.1 Å². The van der Waals surface area contributed by atoms with Gasteiger partial charge in [0.25, 0.3) is 5.56 Å². The van der Waals surface area contributed by atoms with E-state index < -0.39 is 0 Å². The molecule has 0 unspecified atom stereocenters. The molecule has 5 rings (SSSR count). The van der Waals surface area contributed by atoms with E-state index in [1.165, 1.54) is 0 Å². The summed E-state index contributed by atoms with van der Waals surface area (Å²) in [6.07, 6.45) is 1.19. The Hall–Kier alpha value is -2.80. The number of anilines is 1. The van der Waals surface area contributed by atoms with Crippen LogP contribution in [-0.4, -0.2) is 48.0 Å². The average Bonchev–Trinajstić information content (AvgIpc) is 3.15. The number of rotatable bonds is 3. The van der Waals surface area contributed by atoms with E-state index in [-0.39, 0.29) is 41.5 Å². The number of likely N-dealkylation sites (tertiary alicyclic amines) is 1. The highest BCUT2D eigenvalue weighted by Crippen LogP contribution is 2.37. The van der Waals surface area contributed by atoms with Crippen molar-refractivity contribution < 1.29 is 14.3 Å². The maximum atomic E-state index is 13.3. The molecule has 8 heteroatoms. The van der Waals surface area contributed by atoms with Gasteiger partial charge in [0.1, 0.15) is 5.75 Å². The number of carbonyl (C=O) groups excluding carboxylic acids is 2. The minimum atomic E-state index is -0.370. The molecule has 0 N–H and O–H groups in total. The monoisotopic (exact) mass is 441 g/mol. The Morgan fingerprint density at radius 2 is 1.94 bits per heavy atom. The van der Waals surface area contributed by atoms with Crippen LogP contribution < -0.4 is 15.2 Å². The molecular weight excluding hydrogens is 418 g/mol. The number of hydrogen-bond donors (Lipinski definition) is 0. The second kappa shape index (κ2) is 7.71. The van der Waals surface area contributed by atoms with Gasteiger partial charge in [-0.25, -0.2) is 0 Å². The van der Waals surface area contributed by atoms with Gasteiger partial charge in [0, 0.05) is 56.0 Å². The number of methoxy groups -OCH3 is 1. The summed E-state index contributed by atoms with van der Waals surface area (Å²) in [5.41, 5.74) is 1.72. The predicted molar refractivity (Wildman–Crippen MR) is 117 cm³/mol. The summed E-state index contributed by atoms with van der Waals surface area (Å²) in [5, 5.41) is 0.431. The van der Waals surface area contributed by atoms with Gasteiger partial charge in [-0.15, -0.1) is 0 Å². The van der Waals surface area contributed by atoms with Gasteiger partial charge in [0.05, 0.1) is 18.1 Å². The van der Waals surface area contributed by atoms with Gasteiger partial charge in [-0.05, 0) is 36.6 Å². The number of carbonyl (C=O) groups is 2. The fraction of sp³-hybridized carbons (Fsp3) is 0.435. The summed E-state index contributed by atoms with van der Waals surface area (Å²) < 4.78 is 7.04. The molecule has 7 nitrogen and oxygen atoms in total. The molecule has 0 spiro atoms. The normalized spacial score (nSPS) is 24.8. The van der Waals surface area contributed by atoms with Crippen LogP contribution in [0.3, 0.4) is 0 Å². The summed E-state index contributed by atoms with van der Waals surface area (Å²) in [6, 6.07) is 10.6. The van der Waals surface area contributed by atoms with Crippen molar-refractivity contribution in [2.24, 2.45) is 11.8 Å². The number of hydrogen-bond acceptors (Lipinski definition) is 4. The largest absolute Gasteiger partial charge is 0.495 e. The van der Waals surface area contributed by atoms with Crippen LogP contribution in [0.5, 0.6) is 5.75 Å². The molecule has 2 saturated heterocycles. The number of benzene rings is 1. The number of nitrogens with zero attached hydrogens (tertiary/aromatic N) is 3. The summed E-state index contributed by atoms with van der Waals surface area (Å²) in [4.78, 5) is 41.8. The highest BCUT2D eigenvalue weighted by molar-refractivity contribution is 6.32. The van der Waals surface area contributed by atoms with Crippen molar-refractivity contribution in [1.82, 2.24) is 9.47 Å². The molecule has 2 fully saturated rings. The number of halogens is 1. The van der Waals surface area contributed by atoms with Crippen molar-refractivity contribution in [1.29, 1.82) is 0 Å². The molecule has 0 aliphatic carbocycles. The molecule has 2 aromatic rings. The van der Waals surface area contributed by atoms with Gasteiger partial charge in [0.2, 0.25) is 11.8 Å². The highest BCUT2D eigenvalue weighted by atomic mass is 35.5. The molecule has 2 amide bonds. The lowest BCUT2D eigenvalue weighted by molar-refractivity contribution is -0.138. The zero-order valence-electron chi connectivity index (χ0n) is 17.3. The van der Waals surface area contributed by atoms with Crippen molar-refractivity contribution in [3.05, 3.63) is 57.5 Å². The zero-order chi connectivity index (χ0) is 21.7. The number of aromatic nitrogens is 1. The van der Waals surface area contributed by atoms with Crippen molar-refractivity contribution >= 4 is 29.1 Å². The number of pyridine rings is 1. The number of fused-ring (bicyclic) bond motifs is 4. The standard InChI is InChI=1S/C23H24ClN3O4/c1-31-20-6-5-17(9-18(20)24)26-13-16(8-22(26)29)23(30)25-10-14-7-15(12-25)19-3-2-4-21(28)27(19)11-14/h2-6,9,14-16H,7-8,10-13H2,1H3/t14-,15-,16+/m0/s1. The maximum Gasteiger partial charge on any atom is 0.250 e. The van der Waals surface area contributed by atoms with E-state index in [0.29, 0.717) is 42.6 Å². The first-order valence-electron chi connectivity index (χ1n) is 10.6. The van der Waals surface area contributed by atoms with Crippen molar-refractivity contribution in [3.63, 3.8) is 0 Å². The number of ether oxygens (including phenoxy) is 1. The van der Waals surface area contributed by atoms with Crippen LogP contribution in [0.15, 0.2) is 41.2 Å². The fourth-order valence-electron chi connectivity index (χ4n) is 5.28. The number of piperidine rings is 1. The Morgan fingerprint density at radius 1 is 1.10 bits per heavy atom. The van der Waals surface area contributed by atoms with Crippen molar-refractivity contribution in [2.75, 3.05) is 31.6 Å². The van der Waals surface area contributed by atoms with E-state index in [4.69, 9.17) is 16.3 Å². The summed E-state index contributed by atoms with van der Waals surface area (Å²) in [5.74, 6) is 0.558. The topological polar surface area (TPSA) is 71.8 Å². The second-order valence-electron chi connectivity index (χ2n) is 8.67. The van der Waals surface area contributed by atoms with Gasteiger partial charge in [0.15, 0.2) is 0 Å². The minimum absolute atomic E-state index is 0.0249. The van der Waals surface area contributed by atoms with Gasteiger partial charge in [-0.2, -0.15) is 0 Å². The Bertz CT molecular complexity index is 1110.